The van der Waals surface area contributed by atoms with Crippen LogP contribution in [0.25, 0.3) is 5.69 Å². The average Bonchev–Trinajstić information content (AvgIpc) is 3.03. The van der Waals surface area contributed by atoms with E-state index in [-0.39, 0.29) is 16.9 Å². The zero-order chi connectivity index (χ0) is 21.1. The largest absolute Gasteiger partial charge is 0.493 e. The van der Waals surface area contributed by atoms with Gasteiger partial charge in [0.05, 0.1) is 12.5 Å². The van der Waals surface area contributed by atoms with Crippen LogP contribution < -0.4 is 5.32 Å². The van der Waals surface area contributed by atoms with Gasteiger partial charge in [-0.3, -0.25) is 9.59 Å². The van der Waals surface area contributed by atoms with Crippen LogP contribution in [-0.2, 0) is 4.79 Å². The summed E-state index contributed by atoms with van der Waals surface area (Å²) in [7, 11) is 0. The van der Waals surface area contributed by atoms with Gasteiger partial charge in [-0.1, -0.05) is 24.3 Å². The number of rotatable bonds is 6. The number of hydrogen-bond donors (Lipinski definition) is 3. The molecule has 1 amide bonds. The summed E-state index contributed by atoms with van der Waals surface area (Å²) in [6.45, 7) is 1.68. The van der Waals surface area contributed by atoms with Gasteiger partial charge in [-0.25, -0.2) is 8.78 Å². The Morgan fingerprint density at radius 1 is 1.14 bits per heavy atom. The van der Waals surface area contributed by atoms with Gasteiger partial charge in [0.25, 0.3) is 5.91 Å². The minimum absolute atomic E-state index is 0.00380. The van der Waals surface area contributed by atoms with Gasteiger partial charge >= 0.3 is 5.97 Å². The van der Waals surface area contributed by atoms with E-state index in [0.29, 0.717) is 5.56 Å². The van der Waals surface area contributed by atoms with Crippen LogP contribution in [0.1, 0.15) is 34.1 Å². The van der Waals surface area contributed by atoms with Crippen molar-refractivity contribution in [2.75, 3.05) is 0 Å². The Morgan fingerprint density at radius 3 is 2.52 bits per heavy atom. The molecule has 0 radical (unpaired) electrons. The summed E-state index contributed by atoms with van der Waals surface area (Å²) in [5, 5.41) is 25.4. The van der Waals surface area contributed by atoms with Gasteiger partial charge in [-0.2, -0.15) is 9.78 Å². The van der Waals surface area contributed by atoms with Crippen molar-refractivity contribution in [2.45, 2.75) is 19.4 Å². The Balaban J connectivity index is 1.90. The average molecular weight is 401 g/mol. The Bertz CT molecular complexity index is 1080. The van der Waals surface area contributed by atoms with E-state index in [9.17, 15) is 23.5 Å². The normalized spacial score (nSPS) is 11.8. The first-order valence-corrected chi connectivity index (χ1v) is 8.59. The van der Waals surface area contributed by atoms with Crippen LogP contribution in [-0.4, -0.2) is 31.9 Å². The Labute approximate surface area is 164 Å². The highest BCUT2D eigenvalue weighted by molar-refractivity contribution is 5.93. The van der Waals surface area contributed by atoms with Gasteiger partial charge in [0, 0.05) is 11.6 Å². The van der Waals surface area contributed by atoms with Crippen molar-refractivity contribution < 1.29 is 28.6 Å². The molecule has 1 heterocycles. The number of nitrogens with zero attached hydrogens (tertiary/aromatic N) is 2. The number of halogens is 2. The fourth-order valence-corrected chi connectivity index (χ4v) is 2.84. The third kappa shape index (κ3) is 4.40. The van der Waals surface area contributed by atoms with E-state index in [1.54, 1.807) is 13.0 Å². The standard InChI is InChI=1S/C20H17F2N3O4/c1-11-6-7-12(14(22)8-11)15(10-19(27)28)23-20(29)16-9-18(26)25(24-16)17-5-3-2-4-13(17)21/h2-9,15,26H,10H2,1H3,(H,23,29)(H,27,28). The molecule has 0 aliphatic carbocycles. The maximum atomic E-state index is 14.3. The number of aliphatic carboxylic acids is 1. The first-order valence-electron chi connectivity index (χ1n) is 8.59. The van der Waals surface area contributed by atoms with E-state index in [1.165, 1.54) is 36.4 Å². The lowest BCUT2D eigenvalue weighted by atomic mass is 10.0. The van der Waals surface area contributed by atoms with E-state index in [4.69, 9.17) is 5.11 Å². The number of aromatic nitrogens is 2. The zero-order valence-electron chi connectivity index (χ0n) is 15.3. The number of hydrogen-bond acceptors (Lipinski definition) is 4. The van der Waals surface area contributed by atoms with Gasteiger partial charge in [0.1, 0.15) is 17.3 Å². The van der Waals surface area contributed by atoms with E-state index >= 15 is 0 Å². The zero-order valence-corrected chi connectivity index (χ0v) is 15.3. The minimum Gasteiger partial charge on any atom is -0.493 e. The van der Waals surface area contributed by atoms with Gasteiger partial charge in [0.15, 0.2) is 5.69 Å². The van der Waals surface area contributed by atoms with Crippen LogP contribution in [0.3, 0.4) is 0 Å². The van der Waals surface area contributed by atoms with Crippen molar-refractivity contribution in [3.05, 3.63) is 77.0 Å². The van der Waals surface area contributed by atoms with Crippen molar-refractivity contribution >= 4 is 11.9 Å². The number of amides is 1. The predicted molar refractivity (Wildman–Crippen MR) is 98.8 cm³/mol. The number of para-hydroxylation sites is 1. The van der Waals surface area contributed by atoms with Crippen LogP contribution >= 0.6 is 0 Å². The number of aromatic hydroxyl groups is 1. The molecule has 0 saturated heterocycles. The highest BCUT2D eigenvalue weighted by Gasteiger charge is 2.24. The Kier molecular flexibility index (Phi) is 5.58. The lowest BCUT2D eigenvalue weighted by Crippen LogP contribution is -2.31. The summed E-state index contributed by atoms with van der Waals surface area (Å²) < 4.78 is 29.1. The molecule has 1 aromatic heterocycles. The maximum absolute atomic E-state index is 14.3. The molecule has 0 bridgehead atoms. The quantitative estimate of drug-likeness (QED) is 0.589. The SMILES string of the molecule is Cc1ccc(C(CC(=O)O)NC(=O)c2cc(O)n(-c3ccccc3F)n2)c(F)c1. The summed E-state index contributed by atoms with van der Waals surface area (Å²) in [6.07, 6.45) is -0.564. The highest BCUT2D eigenvalue weighted by atomic mass is 19.1. The van der Waals surface area contributed by atoms with Crippen LogP contribution in [0, 0.1) is 18.6 Å². The van der Waals surface area contributed by atoms with Crippen molar-refractivity contribution in [3.63, 3.8) is 0 Å². The minimum atomic E-state index is -1.24. The molecule has 9 heteroatoms. The smallest absolute Gasteiger partial charge is 0.305 e. The van der Waals surface area contributed by atoms with Gasteiger partial charge in [0.2, 0.25) is 5.88 Å². The predicted octanol–water partition coefficient (Wildman–Crippen LogP) is 3.11. The van der Waals surface area contributed by atoms with E-state index in [2.05, 4.69) is 10.4 Å². The van der Waals surface area contributed by atoms with E-state index in [1.807, 2.05) is 0 Å². The lowest BCUT2D eigenvalue weighted by Gasteiger charge is -2.17. The molecule has 0 aliphatic heterocycles. The van der Waals surface area contributed by atoms with Crippen LogP contribution in [0.2, 0.25) is 0 Å². The van der Waals surface area contributed by atoms with Crippen LogP contribution in [0.15, 0.2) is 48.5 Å². The van der Waals surface area contributed by atoms with Crippen LogP contribution in [0.5, 0.6) is 5.88 Å². The Hall–Kier alpha value is -3.75. The fourth-order valence-electron chi connectivity index (χ4n) is 2.84. The van der Waals surface area contributed by atoms with Gasteiger partial charge < -0.3 is 15.5 Å². The van der Waals surface area contributed by atoms with Crippen molar-refractivity contribution in [2.24, 2.45) is 0 Å². The molecule has 0 saturated carbocycles. The molecular weight excluding hydrogens is 384 g/mol. The molecule has 7 nitrogen and oxygen atoms in total. The number of carbonyl (C=O) groups is 2. The highest BCUT2D eigenvalue weighted by Crippen LogP contribution is 2.24. The van der Waals surface area contributed by atoms with E-state index < -0.39 is 41.9 Å². The molecule has 150 valence electrons. The number of carbonyl (C=O) groups excluding carboxylic acids is 1. The summed E-state index contributed by atoms with van der Waals surface area (Å²) in [5.74, 6) is -3.90. The molecule has 3 rings (SSSR count). The Morgan fingerprint density at radius 2 is 1.86 bits per heavy atom. The maximum Gasteiger partial charge on any atom is 0.305 e. The van der Waals surface area contributed by atoms with E-state index in [0.717, 1.165) is 10.7 Å². The molecule has 0 spiro atoms. The third-order valence-electron chi connectivity index (χ3n) is 4.22. The molecule has 29 heavy (non-hydrogen) atoms. The molecule has 3 aromatic rings. The lowest BCUT2D eigenvalue weighted by molar-refractivity contribution is -0.137. The van der Waals surface area contributed by atoms with Crippen molar-refractivity contribution in [3.8, 4) is 11.6 Å². The second kappa shape index (κ2) is 8.09. The number of nitrogens with one attached hydrogen (secondary N) is 1. The number of carboxylic acid groups (broad SMARTS) is 1. The molecule has 0 aliphatic rings. The molecule has 2 aromatic carbocycles. The number of carboxylic acids is 1. The monoisotopic (exact) mass is 401 g/mol. The van der Waals surface area contributed by atoms with Crippen molar-refractivity contribution in [1.29, 1.82) is 0 Å². The number of aryl methyl sites for hydroxylation is 1. The molecule has 1 unspecified atom stereocenters. The second-order valence-corrected chi connectivity index (χ2v) is 6.40. The second-order valence-electron chi connectivity index (χ2n) is 6.40. The summed E-state index contributed by atoms with van der Waals surface area (Å²) in [6, 6.07) is 9.58. The number of benzene rings is 2. The van der Waals surface area contributed by atoms with Crippen molar-refractivity contribution in [1.82, 2.24) is 15.1 Å². The first kappa shape index (κ1) is 20.0. The molecule has 3 N–H and O–H groups in total. The fraction of sp³-hybridized carbons (Fsp3) is 0.150. The van der Waals surface area contributed by atoms with Gasteiger partial charge in [-0.05, 0) is 30.7 Å². The summed E-state index contributed by atoms with van der Waals surface area (Å²) in [4.78, 5) is 23.7. The topological polar surface area (TPSA) is 104 Å². The molecular formula is C20H17F2N3O4. The summed E-state index contributed by atoms with van der Waals surface area (Å²) >= 11 is 0. The first-order chi connectivity index (χ1) is 13.8. The molecule has 0 fully saturated rings. The van der Waals surface area contributed by atoms with Crippen LogP contribution in [0.4, 0.5) is 8.78 Å². The van der Waals surface area contributed by atoms with Gasteiger partial charge in [-0.15, -0.1) is 0 Å². The molecule has 1 atom stereocenters. The summed E-state index contributed by atoms with van der Waals surface area (Å²) in [5.41, 5.74) is 0.286. The third-order valence-corrected chi connectivity index (χ3v) is 4.22.